The Morgan fingerprint density at radius 2 is 2.47 bits per heavy atom. The zero-order valence-corrected chi connectivity index (χ0v) is 10.7. The number of imidazole rings is 1. The van der Waals surface area contributed by atoms with Crippen molar-refractivity contribution < 1.29 is 4.79 Å². The fourth-order valence-electron chi connectivity index (χ4n) is 1.71. The van der Waals surface area contributed by atoms with Crippen molar-refractivity contribution in [3.05, 3.63) is 30.1 Å². The molecule has 2 aromatic heterocycles. The Labute approximate surface area is 110 Å². The summed E-state index contributed by atoms with van der Waals surface area (Å²) in [6, 6.07) is -0.165. The Morgan fingerprint density at radius 3 is 3.11 bits per heavy atom. The van der Waals surface area contributed by atoms with Crippen LogP contribution in [0.4, 0.5) is 0 Å². The number of carbonyl (C=O) groups excluding carboxylic acids is 1. The van der Waals surface area contributed by atoms with Gasteiger partial charge < -0.3 is 16.0 Å². The van der Waals surface area contributed by atoms with Crippen LogP contribution in [0, 0.1) is 0 Å². The van der Waals surface area contributed by atoms with Crippen LogP contribution in [0.2, 0.25) is 0 Å². The molecule has 8 nitrogen and oxygen atoms in total. The Morgan fingerprint density at radius 1 is 1.63 bits per heavy atom. The van der Waals surface area contributed by atoms with Crippen LogP contribution in [0.1, 0.15) is 35.7 Å². The highest BCUT2D eigenvalue weighted by atomic mass is 16.2. The molecule has 2 aromatic rings. The fourth-order valence-corrected chi connectivity index (χ4v) is 1.71. The van der Waals surface area contributed by atoms with Crippen molar-refractivity contribution in [3.8, 4) is 0 Å². The molecule has 4 N–H and O–H groups in total. The first-order valence-corrected chi connectivity index (χ1v) is 6.15. The molecule has 0 saturated heterocycles. The molecular weight excluding hydrogens is 246 g/mol. The van der Waals surface area contributed by atoms with Crippen molar-refractivity contribution >= 4 is 5.91 Å². The van der Waals surface area contributed by atoms with Crippen molar-refractivity contribution in [2.45, 2.75) is 25.9 Å². The van der Waals surface area contributed by atoms with E-state index < -0.39 is 0 Å². The smallest absolute Gasteiger partial charge is 0.274 e. The normalized spacial score (nSPS) is 12.3. The molecule has 0 aliphatic heterocycles. The SMILES string of the molecule is CCC(NC(=O)c1cn(CCN)nn1)c1ncc[nH]1. The lowest BCUT2D eigenvalue weighted by Crippen LogP contribution is -2.29. The molecule has 1 unspecified atom stereocenters. The highest BCUT2D eigenvalue weighted by molar-refractivity contribution is 5.92. The van der Waals surface area contributed by atoms with Gasteiger partial charge in [-0.2, -0.15) is 0 Å². The molecule has 0 fully saturated rings. The highest BCUT2D eigenvalue weighted by Crippen LogP contribution is 2.11. The summed E-state index contributed by atoms with van der Waals surface area (Å²) in [5.41, 5.74) is 5.69. The van der Waals surface area contributed by atoms with Crippen LogP contribution in [0.25, 0.3) is 0 Å². The monoisotopic (exact) mass is 263 g/mol. The van der Waals surface area contributed by atoms with Crippen LogP contribution < -0.4 is 11.1 Å². The van der Waals surface area contributed by atoms with E-state index in [9.17, 15) is 4.79 Å². The third kappa shape index (κ3) is 3.16. The molecule has 0 aliphatic rings. The van der Waals surface area contributed by atoms with Crippen molar-refractivity contribution in [3.63, 3.8) is 0 Å². The van der Waals surface area contributed by atoms with E-state index in [1.807, 2.05) is 6.92 Å². The molecule has 0 bridgehead atoms. The van der Waals surface area contributed by atoms with Gasteiger partial charge >= 0.3 is 0 Å². The quantitative estimate of drug-likeness (QED) is 0.670. The number of hydrogen-bond acceptors (Lipinski definition) is 5. The third-order valence-corrected chi connectivity index (χ3v) is 2.69. The number of nitrogens with zero attached hydrogens (tertiary/aromatic N) is 4. The van der Waals surface area contributed by atoms with Crippen LogP contribution in [0.3, 0.4) is 0 Å². The summed E-state index contributed by atoms with van der Waals surface area (Å²) >= 11 is 0. The van der Waals surface area contributed by atoms with Crippen molar-refractivity contribution in [2.24, 2.45) is 5.73 Å². The predicted molar refractivity (Wildman–Crippen MR) is 68.2 cm³/mol. The lowest BCUT2D eigenvalue weighted by atomic mass is 10.2. The average molecular weight is 263 g/mol. The minimum atomic E-state index is -0.272. The van der Waals surface area contributed by atoms with E-state index >= 15 is 0 Å². The number of nitrogens with two attached hydrogens (primary N) is 1. The number of H-pyrrole nitrogens is 1. The second kappa shape index (κ2) is 6.10. The van der Waals surface area contributed by atoms with Gasteiger partial charge in [-0.3, -0.25) is 9.48 Å². The standard InChI is InChI=1S/C11H17N7O/c1-2-8(10-13-4-5-14-10)15-11(19)9-7-18(6-3-12)17-16-9/h4-5,7-8H,2-3,6,12H2,1H3,(H,13,14)(H,15,19). The van der Waals surface area contributed by atoms with E-state index in [0.29, 0.717) is 13.1 Å². The Bertz CT molecular complexity index is 519. The molecule has 2 heterocycles. The van der Waals surface area contributed by atoms with Gasteiger partial charge in [0.1, 0.15) is 5.82 Å². The van der Waals surface area contributed by atoms with Crippen LogP contribution in [-0.4, -0.2) is 37.4 Å². The summed E-state index contributed by atoms with van der Waals surface area (Å²) in [5, 5.41) is 10.5. The largest absolute Gasteiger partial charge is 0.347 e. The summed E-state index contributed by atoms with van der Waals surface area (Å²) in [5.74, 6) is 0.455. The summed E-state index contributed by atoms with van der Waals surface area (Å²) in [6.07, 6.45) is 5.69. The van der Waals surface area contributed by atoms with Gasteiger partial charge in [0.05, 0.1) is 18.8 Å². The Balaban J connectivity index is 2.02. The molecule has 0 spiro atoms. The molecular formula is C11H17N7O. The molecule has 19 heavy (non-hydrogen) atoms. The first kappa shape index (κ1) is 13.2. The van der Waals surface area contributed by atoms with Gasteiger partial charge in [-0.05, 0) is 6.42 Å². The zero-order valence-electron chi connectivity index (χ0n) is 10.7. The number of nitrogens with one attached hydrogen (secondary N) is 2. The second-order valence-electron chi connectivity index (χ2n) is 4.06. The maximum atomic E-state index is 12.0. The van der Waals surface area contributed by atoms with Crippen LogP contribution in [0.5, 0.6) is 0 Å². The van der Waals surface area contributed by atoms with Crippen LogP contribution >= 0.6 is 0 Å². The number of rotatable bonds is 6. The zero-order chi connectivity index (χ0) is 13.7. The van der Waals surface area contributed by atoms with E-state index in [0.717, 1.165) is 12.2 Å². The second-order valence-corrected chi connectivity index (χ2v) is 4.06. The van der Waals surface area contributed by atoms with Gasteiger partial charge in [-0.15, -0.1) is 5.10 Å². The third-order valence-electron chi connectivity index (χ3n) is 2.69. The number of hydrogen-bond donors (Lipinski definition) is 3. The van der Waals surface area contributed by atoms with E-state index in [1.54, 1.807) is 23.3 Å². The molecule has 0 saturated carbocycles. The van der Waals surface area contributed by atoms with Crippen molar-refractivity contribution in [1.29, 1.82) is 0 Å². The number of aromatic nitrogens is 5. The molecule has 1 amide bonds. The molecule has 0 radical (unpaired) electrons. The highest BCUT2D eigenvalue weighted by Gasteiger charge is 2.18. The maximum Gasteiger partial charge on any atom is 0.274 e. The minimum Gasteiger partial charge on any atom is -0.347 e. The fraction of sp³-hybridized carbons (Fsp3) is 0.455. The van der Waals surface area contributed by atoms with Gasteiger partial charge in [0.2, 0.25) is 0 Å². The topological polar surface area (TPSA) is 115 Å². The van der Waals surface area contributed by atoms with E-state index in [2.05, 4.69) is 25.6 Å². The van der Waals surface area contributed by atoms with E-state index in [-0.39, 0.29) is 17.6 Å². The Kier molecular flexibility index (Phi) is 4.24. The lowest BCUT2D eigenvalue weighted by Gasteiger charge is -2.13. The van der Waals surface area contributed by atoms with E-state index in [1.165, 1.54) is 0 Å². The van der Waals surface area contributed by atoms with Gasteiger partial charge in [0.15, 0.2) is 5.69 Å². The number of amides is 1. The molecule has 8 heteroatoms. The maximum absolute atomic E-state index is 12.0. The summed E-state index contributed by atoms with van der Waals surface area (Å²) in [6.45, 7) is 2.96. The van der Waals surface area contributed by atoms with Crippen molar-refractivity contribution in [1.82, 2.24) is 30.3 Å². The van der Waals surface area contributed by atoms with Gasteiger partial charge in [-0.1, -0.05) is 12.1 Å². The minimum absolute atomic E-state index is 0.165. The molecule has 102 valence electrons. The predicted octanol–water partition coefficient (Wildman–Crippen LogP) is -0.159. The Hall–Kier alpha value is -2.22. The summed E-state index contributed by atoms with van der Waals surface area (Å²) in [4.78, 5) is 19.2. The number of carbonyl (C=O) groups is 1. The van der Waals surface area contributed by atoms with Gasteiger partial charge in [-0.25, -0.2) is 4.98 Å². The van der Waals surface area contributed by atoms with Crippen molar-refractivity contribution in [2.75, 3.05) is 6.54 Å². The first-order valence-electron chi connectivity index (χ1n) is 6.15. The summed E-state index contributed by atoms with van der Waals surface area (Å²) in [7, 11) is 0. The molecule has 1 atom stereocenters. The molecule has 2 rings (SSSR count). The average Bonchev–Trinajstić information content (AvgIpc) is 3.07. The molecule has 0 aromatic carbocycles. The summed E-state index contributed by atoms with van der Waals surface area (Å²) < 4.78 is 1.54. The molecule has 0 aliphatic carbocycles. The lowest BCUT2D eigenvalue weighted by molar-refractivity contribution is 0.0928. The van der Waals surface area contributed by atoms with Crippen LogP contribution in [0.15, 0.2) is 18.6 Å². The number of aromatic amines is 1. The van der Waals surface area contributed by atoms with Gasteiger partial charge in [0.25, 0.3) is 5.91 Å². The van der Waals surface area contributed by atoms with E-state index in [4.69, 9.17) is 5.73 Å². The van der Waals surface area contributed by atoms with Crippen LogP contribution in [-0.2, 0) is 6.54 Å². The van der Waals surface area contributed by atoms with Gasteiger partial charge in [0, 0.05) is 18.9 Å². The first-order chi connectivity index (χ1) is 9.24.